The Morgan fingerprint density at radius 3 is 2.21 bits per heavy atom. The number of aryl methyl sites for hydroxylation is 1. The summed E-state index contributed by atoms with van der Waals surface area (Å²) in [4.78, 5) is -0.00348. The predicted molar refractivity (Wildman–Crippen MR) is 117 cm³/mol. The molecule has 1 atom stereocenters. The van der Waals surface area contributed by atoms with Crippen LogP contribution in [-0.4, -0.2) is 13.5 Å². The number of alkyl halides is 2. The Morgan fingerprint density at radius 1 is 0.966 bits per heavy atom. The molecule has 0 fully saturated rings. The molecule has 8 heteroatoms. The maximum atomic E-state index is 13.0. The monoisotopic (exact) mass is 469 g/mol. The molecule has 0 radical (unpaired) electrons. The first kappa shape index (κ1) is 21.9. The molecule has 3 aromatic carbocycles. The van der Waals surface area contributed by atoms with Gasteiger partial charge in [0.2, 0.25) is 10.0 Å². The number of hydrogen-bond donors (Lipinski definition) is 2. The number of hydrogen-bond acceptors (Lipinski definition) is 3. The number of benzene rings is 3. The summed E-state index contributed by atoms with van der Waals surface area (Å²) in [6.07, 6.45) is 0. The Bertz CT molecular complexity index is 1100. The first-order valence-electron chi connectivity index (χ1n) is 8.62. The van der Waals surface area contributed by atoms with Crippen molar-refractivity contribution in [3.63, 3.8) is 0 Å². The molecular weight excluding hydrogens is 453 g/mol. The lowest BCUT2D eigenvalue weighted by Crippen LogP contribution is -2.38. The standard InChI is InChI=1S/C21H18Cl3NO3S/c1-14-7-12-19(26)18(13-14)20(21(23,24)15-5-3-2-4-6-15)25-29(27,28)17-10-8-16(22)9-11-17/h2-13,20,25-26H,1H3. The molecular formula is C21H18Cl3NO3S. The number of phenolic OH excluding ortho intramolecular Hbond substituents is 1. The van der Waals surface area contributed by atoms with E-state index in [2.05, 4.69) is 4.72 Å². The zero-order valence-corrected chi connectivity index (χ0v) is 18.4. The Labute approximate surface area is 185 Å². The van der Waals surface area contributed by atoms with Crippen molar-refractivity contribution in [3.05, 3.63) is 94.5 Å². The van der Waals surface area contributed by atoms with Crippen LogP contribution in [0.2, 0.25) is 5.02 Å². The zero-order valence-electron chi connectivity index (χ0n) is 15.3. The van der Waals surface area contributed by atoms with Gasteiger partial charge in [0.05, 0.1) is 10.9 Å². The van der Waals surface area contributed by atoms with Crippen LogP contribution in [-0.2, 0) is 14.4 Å². The van der Waals surface area contributed by atoms with Gasteiger partial charge in [0, 0.05) is 10.6 Å². The van der Waals surface area contributed by atoms with Crippen molar-refractivity contribution in [3.8, 4) is 5.75 Å². The average molecular weight is 471 g/mol. The number of nitrogens with one attached hydrogen (secondary N) is 1. The largest absolute Gasteiger partial charge is 0.508 e. The van der Waals surface area contributed by atoms with E-state index >= 15 is 0 Å². The Kier molecular flexibility index (Phi) is 6.46. The van der Waals surface area contributed by atoms with Crippen molar-refractivity contribution in [2.75, 3.05) is 0 Å². The molecule has 3 rings (SSSR count). The van der Waals surface area contributed by atoms with Gasteiger partial charge in [-0.3, -0.25) is 0 Å². The summed E-state index contributed by atoms with van der Waals surface area (Å²) in [5.41, 5.74) is 1.55. The third-order valence-electron chi connectivity index (χ3n) is 4.41. The van der Waals surface area contributed by atoms with Crippen molar-refractivity contribution in [2.24, 2.45) is 0 Å². The lowest BCUT2D eigenvalue weighted by Gasteiger charge is -2.32. The average Bonchev–Trinajstić information content (AvgIpc) is 2.69. The second-order valence-corrected chi connectivity index (χ2v) is 10.1. The van der Waals surface area contributed by atoms with Gasteiger partial charge in [0.25, 0.3) is 0 Å². The Balaban J connectivity index is 2.13. The minimum atomic E-state index is -4.03. The van der Waals surface area contributed by atoms with Gasteiger partial charge < -0.3 is 5.11 Å². The molecule has 0 aliphatic heterocycles. The van der Waals surface area contributed by atoms with Crippen molar-refractivity contribution >= 4 is 44.8 Å². The second kappa shape index (κ2) is 8.54. The van der Waals surface area contributed by atoms with E-state index in [-0.39, 0.29) is 16.2 Å². The van der Waals surface area contributed by atoms with E-state index in [9.17, 15) is 13.5 Å². The van der Waals surface area contributed by atoms with Crippen molar-refractivity contribution in [1.29, 1.82) is 0 Å². The van der Waals surface area contributed by atoms with Gasteiger partial charge in [-0.2, -0.15) is 0 Å². The number of aromatic hydroxyl groups is 1. The summed E-state index contributed by atoms with van der Waals surface area (Å²) >= 11 is 19.3. The third-order valence-corrected chi connectivity index (χ3v) is 6.98. The third kappa shape index (κ3) is 4.87. The minimum Gasteiger partial charge on any atom is -0.508 e. The SMILES string of the molecule is Cc1ccc(O)c(C(NS(=O)(=O)c2ccc(Cl)cc2)C(Cl)(Cl)c2ccccc2)c1. The quantitative estimate of drug-likeness (QED) is 0.454. The maximum absolute atomic E-state index is 13.0. The van der Waals surface area contributed by atoms with E-state index in [1.165, 1.54) is 30.3 Å². The summed E-state index contributed by atoms with van der Waals surface area (Å²) in [6, 6.07) is 18.0. The Hall–Kier alpha value is -1.76. The fraction of sp³-hybridized carbons (Fsp3) is 0.143. The maximum Gasteiger partial charge on any atom is 0.241 e. The van der Waals surface area contributed by atoms with E-state index in [1.54, 1.807) is 42.5 Å². The molecule has 0 bridgehead atoms. The molecule has 152 valence electrons. The van der Waals surface area contributed by atoms with Crippen LogP contribution in [0.4, 0.5) is 0 Å². The van der Waals surface area contributed by atoms with E-state index in [0.717, 1.165) is 5.56 Å². The first-order chi connectivity index (χ1) is 13.6. The minimum absolute atomic E-state index is 0.00348. The number of halogens is 3. The second-order valence-electron chi connectivity index (χ2n) is 6.56. The molecule has 4 nitrogen and oxygen atoms in total. The summed E-state index contributed by atoms with van der Waals surface area (Å²) in [5, 5.41) is 10.9. The lowest BCUT2D eigenvalue weighted by molar-refractivity contribution is 0.449. The first-order valence-corrected chi connectivity index (χ1v) is 11.2. The molecule has 0 spiro atoms. The molecule has 0 aliphatic rings. The van der Waals surface area contributed by atoms with Gasteiger partial charge in [-0.1, -0.05) is 82.8 Å². The summed E-state index contributed by atoms with van der Waals surface area (Å²) in [5.74, 6) is -0.124. The van der Waals surface area contributed by atoms with Crippen LogP contribution >= 0.6 is 34.8 Å². The molecule has 2 N–H and O–H groups in total. The molecule has 3 aromatic rings. The topological polar surface area (TPSA) is 66.4 Å². The number of phenols is 1. The molecule has 29 heavy (non-hydrogen) atoms. The molecule has 0 aliphatic carbocycles. The van der Waals surface area contributed by atoms with Crippen LogP contribution in [0.25, 0.3) is 0 Å². The van der Waals surface area contributed by atoms with Gasteiger partial charge in [-0.15, -0.1) is 0 Å². The summed E-state index contributed by atoms with van der Waals surface area (Å²) in [6.45, 7) is 1.82. The highest BCUT2D eigenvalue weighted by Gasteiger charge is 2.42. The normalized spacial score (nSPS) is 13.2. The highest BCUT2D eigenvalue weighted by atomic mass is 35.5. The van der Waals surface area contributed by atoms with Crippen molar-refractivity contribution in [2.45, 2.75) is 22.2 Å². The smallest absolute Gasteiger partial charge is 0.241 e. The molecule has 0 heterocycles. The van der Waals surface area contributed by atoms with Gasteiger partial charge >= 0.3 is 0 Å². The number of sulfonamides is 1. The van der Waals surface area contributed by atoms with Crippen LogP contribution < -0.4 is 4.72 Å². The Morgan fingerprint density at radius 2 is 1.59 bits per heavy atom. The molecule has 0 aromatic heterocycles. The van der Waals surface area contributed by atoms with Gasteiger partial charge in [0.15, 0.2) is 4.33 Å². The fourth-order valence-corrected chi connectivity index (χ4v) is 5.00. The van der Waals surface area contributed by atoms with Crippen molar-refractivity contribution in [1.82, 2.24) is 4.72 Å². The van der Waals surface area contributed by atoms with Crippen LogP contribution in [0.5, 0.6) is 5.75 Å². The van der Waals surface area contributed by atoms with Gasteiger partial charge in [-0.05, 0) is 42.8 Å². The summed E-state index contributed by atoms with van der Waals surface area (Å²) < 4.78 is 27.0. The summed E-state index contributed by atoms with van der Waals surface area (Å²) in [7, 11) is -4.03. The van der Waals surface area contributed by atoms with Crippen LogP contribution in [0, 0.1) is 6.92 Å². The molecule has 0 saturated carbocycles. The fourth-order valence-electron chi connectivity index (χ4n) is 2.90. The van der Waals surface area contributed by atoms with E-state index in [0.29, 0.717) is 10.6 Å². The lowest BCUT2D eigenvalue weighted by atomic mass is 9.96. The van der Waals surface area contributed by atoms with Crippen LogP contribution in [0.1, 0.15) is 22.7 Å². The van der Waals surface area contributed by atoms with Crippen LogP contribution in [0.15, 0.2) is 77.7 Å². The predicted octanol–water partition coefficient (Wildman–Crippen LogP) is 5.70. The number of rotatable bonds is 6. The highest BCUT2D eigenvalue weighted by molar-refractivity contribution is 7.89. The van der Waals surface area contributed by atoms with Gasteiger partial charge in [0.1, 0.15) is 5.75 Å². The molecule has 0 amide bonds. The highest BCUT2D eigenvalue weighted by Crippen LogP contribution is 2.47. The molecule has 0 saturated heterocycles. The van der Waals surface area contributed by atoms with E-state index < -0.39 is 20.4 Å². The van der Waals surface area contributed by atoms with Crippen LogP contribution in [0.3, 0.4) is 0 Å². The van der Waals surface area contributed by atoms with Gasteiger partial charge in [-0.25, -0.2) is 13.1 Å². The van der Waals surface area contributed by atoms with E-state index in [1.807, 2.05) is 6.92 Å². The van der Waals surface area contributed by atoms with Crippen molar-refractivity contribution < 1.29 is 13.5 Å². The zero-order chi connectivity index (χ0) is 21.2. The van der Waals surface area contributed by atoms with E-state index in [4.69, 9.17) is 34.8 Å². The molecule has 1 unspecified atom stereocenters.